The summed E-state index contributed by atoms with van der Waals surface area (Å²) >= 11 is 7.45. The Morgan fingerprint density at radius 1 is 1.21 bits per heavy atom. The van der Waals surface area contributed by atoms with Crippen LogP contribution in [-0.4, -0.2) is 59.3 Å². The van der Waals surface area contributed by atoms with Gasteiger partial charge in [0.05, 0.1) is 36.9 Å². The number of morpholine rings is 1. The number of amides is 1. The third kappa shape index (κ3) is 5.26. The number of halogens is 1. The van der Waals surface area contributed by atoms with Crippen LogP contribution in [0.2, 0.25) is 5.02 Å². The number of hydrogen-bond acceptors (Lipinski definition) is 7. The number of carbonyl (C=O) groups is 1. The largest absolute Gasteiger partial charge is 0.495 e. The predicted molar refractivity (Wildman–Crippen MR) is 131 cm³/mol. The second-order valence-electron chi connectivity index (χ2n) is 7.60. The van der Waals surface area contributed by atoms with Crippen LogP contribution in [0.5, 0.6) is 5.75 Å². The molecule has 1 aliphatic heterocycles. The summed E-state index contributed by atoms with van der Waals surface area (Å²) in [5.74, 6) is 1.11. The number of anilines is 2. The molecule has 0 saturated carbocycles. The van der Waals surface area contributed by atoms with Crippen LogP contribution in [0.4, 0.5) is 11.6 Å². The predicted octanol–water partition coefficient (Wildman–Crippen LogP) is 4.19. The summed E-state index contributed by atoms with van der Waals surface area (Å²) in [6.45, 7) is 6.64. The van der Waals surface area contributed by atoms with Gasteiger partial charge in [-0.15, -0.1) is 10.2 Å². The number of carbonyl (C=O) groups excluding carboxylic acids is 1. The highest BCUT2D eigenvalue weighted by Gasteiger charge is 2.26. The Kier molecular flexibility index (Phi) is 7.42. The summed E-state index contributed by atoms with van der Waals surface area (Å²) < 4.78 is 12.9. The SMILES string of the molecule is COc1ccc(Cl)cc1NC(=O)C(C)Sc1nnc(N2CCOCC2)n1-c1ccccc1C. The van der Waals surface area contributed by atoms with Gasteiger partial charge >= 0.3 is 0 Å². The number of ether oxygens (including phenoxy) is 2. The standard InChI is InChI=1S/C23H26ClN5O3S/c1-15-6-4-5-7-19(15)29-22(28-10-12-32-13-11-28)26-27-23(29)33-16(2)21(30)25-18-14-17(24)8-9-20(18)31-3/h4-9,14,16H,10-13H2,1-3H3,(H,25,30). The number of methoxy groups -OCH3 is 1. The molecule has 174 valence electrons. The van der Waals surface area contributed by atoms with Gasteiger partial charge in [-0.1, -0.05) is 41.6 Å². The Morgan fingerprint density at radius 2 is 1.97 bits per heavy atom. The molecule has 1 atom stereocenters. The molecule has 1 saturated heterocycles. The molecular formula is C23H26ClN5O3S. The molecule has 4 rings (SSSR count). The monoisotopic (exact) mass is 487 g/mol. The van der Waals surface area contributed by atoms with E-state index < -0.39 is 5.25 Å². The van der Waals surface area contributed by atoms with Gasteiger partial charge < -0.3 is 19.7 Å². The number of nitrogens with zero attached hydrogens (tertiary/aromatic N) is 4. The first kappa shape index (κ1) is 23.4. The fourth-order valence-corrected chi connectivity index (χ4v) is 4.58. The molecular weight excluding hydrogens is 462 g/mol. The molecule has 1 amide bonds. The van der Waals surface area contributed by atoms with E-state index in [0.29, 0.717) is 34.8 Å². The van der Waals surface area contributed by atoms with Crippen LogP contribution in [0.1, 0.15) is 12.5 Å². The van der Waals surface area contributed by atoms with Crippen LogP contribution >= 0.6 is 23.4 Å². The number of aryl methyl sites for hydroxylation is 1. The molecule has 8 nitrogen and oxygen atoms in total. The number of thioether (sulfide) groups is 1. The molecule has 0 aliphatic carbocycles. The van der Waals surface area contributed by atoms with Gasteiger partial charge in [0.15, 0.2) is 5.16 Å². The molecule has 1 unspecified atom stereocenters. The zero-order valence-corrected chi connectivity index (χ0v) is 20.3. The third-order valence-electron chi connectivity index (χ3n) is 5.34. The zero-order valence-electron chi connectivity index (χ0n) is 18.7. The smallest absolute Gasteiger partial charge is 0.237 e. The number of nitrogens with one attached hydrogen (secondary N) is 1. The summed E-state index contributed by atoms with van der Waals surface area (Å²) in [5.41, 5.74) is 2.60. The number of hydrogen-bond donors (Lipinski definition) is 1. The van der Waals surface area contributed by atoms with Crippen molar-refractivity contribution in [2.75, 3.05) is 43.6 Å². The zero-order chi connectivity index (χ0) is 23.4. The Hall–Kier alpha value is -2.75. The molecule has 0 radical (unpaired) electrons. The highest BCUT2D eigenvalue weighted by molar-refractivity contribution is 8.00. The van der Waals surface area contributed by atoms with Gasteiger partial charge in [0.1, 0.15) is 5.75 Å². The van der Waals surface area contributed by atoms with E-state index in [-0.39, 0.29) is 5.91 Å². The van der Waals surface area contributed by atoms with Crippen molar-refractivity contribution in [2.24, 2.45) is 0 Å². The topological polar surface area (TPSA) is 81.5 Å². The minimum Gasteiger partial charge on any atom is -0.495 e. The van der Waals surface area contributed by atoms with Crippen LogP contribution in [0.25, 0.3) is 5.69 Å². The van der Waals surface area contributed by atoms with Gasteiger partial charge in [-0.25, -0.2) is 0 Å². The molecule has 33 heavy (non-hydrogen) atoms. The Bertz CT molecular complexity index is 1130. The first-order valence-corrected chi connectivity index (χ1v) is 11.9. The summed E-state index contributed by atoms with van der Waals surface area (Å²) in [6.07, 6.45) is 0. The van der Waals surface area contributed by atoms with Crippen molar-refractivity contribution in [3.63, 3.8) is 0 Å². The van der Waals surface area contributed by atoms with Crippen molar-refractivity contribution in [1.82, 2.24) is 14.8 Å². The average Bonchev–Trinajstić information content (AvgIpc) is 3.23. The Labute approximate surface area is 202 Å². The average molecular weight is 488 g/mol. The summed E-state index contributed by atoms with van der Waals surface area (Å²) in [4.78, 5) is 15.2. The minimum atomic E-state index is -0.446. The molecule has 2 heterocycles. The number of aromatic nitrogens is 3. The van der Waals surface area contributed by atoms with Crippen molar-refractivity contribution < 1.29 is 14.3 Å². The van der Waals surface area contributed by atoms with E-state index in [1.54, 1.807) is 25.3 Å². The molecule has 1 fully saturated rings. The minimum absolute atomic E-state index is 0.187. The summed E-state index contributed by atoms with van der Waals surface area (Å²) in [6, 6.07) is 13.2. The van der Waals surface area contributed by atoms with Gasteiger partial charge in [-0.2, -0.15) is 0 Å². The van der Waals surface area contributed by atoms with Crippen molar-refractivity contribution in [1.29, 1.82) is 0 Å². The van der Waals surface area contributed by atoms with Crippen molar-refractivity contribution >= 4 is 40.9 Å². The van der Waals surface area contributed by atoms with Crippen molar-refractivity contribution in [3.8, 4) is 11.4 Å². The normalized spacial score (nSPS) is 14.7. The highest BCUT2D eigenvalue weighted by atomic mass is 35.5. The van der Waals surface area contributed by atoms with Gasteiger partial charge in [0.2, 0.25) is 11.9 Å². The Morgan fingerprint density at radius 3 is 2.70 bits per heavy atom. The van der Waals surface area contributed by atoms with Gasteiger partial charge in [0.25, 0.3) is 0 Å². The van der Waals surface area contributed by atoms with Crippen molar-refractivity contribution in [2.45, 2.75) is 24.3 Å². The van der Waals surface area contributed by atoms with E-state index in [0.717, 1.165) is 30.3 Å². The molecule has 1 N–H and O–H groups in total. The number of rotatable bonds is 7. The van der Waals surface area contributed by atoms with Gasteiger partial charge in [-0.3, -0.25) is 9.36 Å². The second-order valence-corrected chi connectivity index (χ2v) is 9.34. The maximum atomic E-state index is 13.0. The first-order chi connectivity index (χ1) is 16.0. The van der Waals surface area contributed by atoms with E-state index in [9.17, 15) is 4.79 Å². The van der Waals surface area contributed by atoms with E-state index >= 15 is 0 Å². The molecule has 1 aliphatic rings. The van der Waals surface area contributed by atoms with Crippen LogP contribution in [0.15, 0.2) is 47.6 Å². The molecule has 10 heteroatoms. The lowest BCUT2D eigenvalue weighted by atomic mass is 10.2. The Balaban J connectivity index is 1.61. The van der Waals surface area contributed by atoms with Gasteiger partial charge in [0, 0.05) is 18.1 Å². The lowest BCUT2D eigenvalue weighted by Gasteiger charge is -2.28. The lowest BCUT2D eigenvalue weighted by Crippen LogP contribution is -2.38. The second kappa shape index (κ2) is 10.5. The van der Waals surface area contributed by atoms with Gasteiger partial charge in [-0.05, 0) is 43.7 Å². The fraction of sp³-hybridized carbons (Fsp3) is 0.348. The van der Waals surface area contributed by atoms with E-state index in [2.05, 4.69) is 33.4 Å². The molecule has 1 aromatic heterocycles. The van der Waals surface area contributed by atoms with E-state index in [1.807, 2.05) is 29.7 Å². The maximum Gasteiger partial charge on any atom is 0.237 e. The van der Waals surface area contributed by atoms with E-state index in [1.165, 1.54) is 11.8 Å². The quantitative estimate of drug-likeness (QED) is 0.500. The highest BCUT2D eigenvalue weighted by Crippen LogP contribution is 2.33. The molecule has 0 spiro atoms. The van der Waals surface area contributed by atoms with Crippen LogP contribution in [0, 0.1) is 6.92 Å². The summed E-state index contributed by atoms with van der Waals surface area (Å²) in [5, 5.41) is 12.6. The molecule has 2 aromatic carbocycles. The number of benzene rings is 2. The van der Waals surface area contributed by atoms with E-state index in [4.69, 9.17) is 21.1 Å². The molecule has 0 bridgehead atoms. The van der Waals surface area contributed by atoms with Crippen LogP contribution in [-0.2, 0) is 9.53 Å². The van der Waals surface area contributed by atoms with Crippen LogP contribution < -0.4 is 15.0 Å². The lowest BCUT2D eigenvalue weighted by molar-refractivity contribution is -0.115. The first-order valence-electron chi connectivity index (χ1n) is 10.6. The number of para-hydroxylation sites is 1. The maximum absolute atomic E-state index is 13.0. The summed E-state index contributed by atoms with van der Waals surface area (Å²) in [7, 11) is 1.55. The van der Waals surface area contributed by atoms with Crippen LogP contribution in [0.3, 0.4) is 0 Å². The van der Waals surface area contributed by atoms with Crippen molar-refractivity contribution in [3.05, 3.63) is 53.1 Å². The molecule has 3 aromatic rings. The third-order valence-corrected chi connectivity index (χ3v) is 6.62. The fourth-order valence-electron chi connectivity index (χ4n) is 3.56.